The molecular weight excluding hydrogens is 162 g/mol. The molecule has 0 aliphatic carbocycles. The van der Waals surface area contributed by atoms with E-state index in [0.29, 0.717) is 0 Å². The third-order valence-corrected chi connectivity index (χ3v) is 1.29. The smallest absolute Gasteiger partial charge is 0.326 e. The number of carboxylic acid groups (broad SMARTS) is 1. The molecule has 0 radical (unpaired) electrons. The van der Waals surface area contributed by atoms with Crippen LogP contribution in [0.5, 0.6) is 0 Å². The first kappa shape index (κ1) is 13.5. The predicted molar refractivity (Wildman–Crippen MR) is 43.7 cm³/mol. The summed E-state index contributed by atoms with van der Waals surface area (Å²) in [5.41, 5.74) is 0. The number of nitrogens with one attached hydrogen (secondary N) is 1. The van der Waals surface area contributed by atoms with Crippen molar-refractivity contribution in [2.75, 3.05) is 0 Å². The van der Waals surface area contributed by atoms with Crippen LogP contribution in [0.25, 0.3) is 0 Å². The summed E-state index contributed by atoms with van der Waals surface area (Å²) < 4.78 is 0. The number of hydrogen-bond acceptors (Lipinski definition) is 2. The monoisotopic (exact) mass is 177 g/mol. The van der Waals surface area contributed by atoms with Gasteiger partial charge in [-0.05, 0) is 5.92 Å². The summed E-state index contributed by atoms with van der Waals surface area (Å²) >= 11 is 0. The highest BCUT2D eigenvalue weighted by Crippen LogP contribution is 2.00. The van der Waals surface area contributed by atoms with Crippen molar-refractivity contribution in [1.29, 1.82) is 0 Å². The molecule has 0 saturated heterocycles. The maximum absolute atomic E-state index is 10.5. The lowest BCUT2D eigenvalue weighted by Gasteiger charge is -2.16. The Kier molecular flexibility index (Phi) is 6.22. The lowest BCUT2D eigenvalue weighted by molar-refractivity contribution is -0.142. The average molecular weight is 177 g/mol. The molecule has 0 aromatic carbocycles. The zero-order valence-corrected chi connectivity index (χ0v) is 7.42. The fraction of sp³-hybridized carbons (Fsp3) is 0.714. The van der Waals surface area contributed by atoms with Crippen LogP contribution in [0.15, 0.2) is 0 Å². The van der Waals surface area contributed by atoms with E-state index in [-0.39, 0.29) is 17.3 Å². The van der Waals surface area contributed by atoms with E-state index >= 15 is 0 Å². The molecule has 5 heteroatoms. The Balaban J connectivity index is 0. The van der Waals surface area contributed by atoms with E-state index < -0.39 is 12.0 Å². The second kappa shape index (κ2) is 5.54. The van der Waals surface area contributed by atoms with Gasteiger partial charge in [-0.2, -0.15) is 0 Å². The van der Waals surface area contributed by atoms with E-state index in [1.807, 2.05) is 0 Å². The molecule has 0 aromatic rings. The minimum Gasteiger partial charge on any atom is -0.480 e. The van der Waals surface area contributed by atoms with Gasteiger partial charge in [-0.15, -0.1) is 0 Å². The highest BCUT2D eigenvalue weighted by atomic mass is 16.4. The summed E-state index contributed by atoms with van der Waals surface area (Å²) in [4.78, 5) is 21.0. The van der Waals surface area contributed by atoms with E-state index in [9.17, 15) is 9.59 Å². The van der Waals surface area contributed by atoms with Crippen LogP contribution >= 0.6 is 0 Å². The average Bonchev–Trinajstić information content (AvgIpc) is 1.81. The lowest BCUT2D eigenvalue weighted by atomic mass is 10.1. The highest BCUT2D eigenvalue weighted by Gasteiger charge is 2.21. The molecule has 1 amide bonds. The maximum Gasteiger partial charge on any atom is 0.326 e. The summed E-state index contributed by atoms with van der Waals surface area (Å²) in [5, 5.41) is 10.9. The van der Waals surface area contributed by atoms with E-state index in [4.69, 9.17) is 5.11 Å². The van der Waals surface area contributed by atoms with Gasteiger partial charge in [-0.25, -0.2) is 4.79 Å². The first-order chi connectivity index (χ1) is 4.95. The van der Waals surface area contributed by atoms with Crippen LogP contribution in [-0.2, 0) is 9.59 Å². The first-order valence-electron chi connectivity index (χ1n) is 3.45. The van der Waals surface area contributed by atoms with Gasteiger partial charge < -0.3 is 15.9 Å². The Bertz CT molecular complexity index is 167. The number of amides is 1. The Morgan fingerprint density at radius 3 is 1.83 bits per heavy atom. The Hall–Kier alpha value is -1.10. The summed E-state index contributed by atoms with van der Waals surface area (Å²) in [5.74, 6) is -1.39. The van der Waals surface area contributed by atoms with Crippen LogP contribution in [0.4, 0.5) is 0 Å². The fourth-order valence-electron chi connectivity index (χ4n) is 0.733. The van der Waals surface area contributed by atoms with E-state index in [1.165, 1.54) is 6.92 Å². The number of carbonyl (C=O) groups is 2. The van der Waals surface area contributed by atoms with Crippen molar-refractivity contribution < 1.29 is 20.2 Å². The molecule has 0 aliphatic rings. The minimum atomic E-state index is -0.991. The maximum atomic E-state index is 10.5. The van der Waals surface area contributed by atoms with Crippen molar-refractivity contribution in [2.45, 2.75) is 26.8 Å². The number of rotatable bonds is 3. The quantitative estimate of drug-likeness (QED) is 0.602. The third kappa shape index (κ3) is 4.68. The predicted octanol–water partition coefficient (Wildman–Crippen LogP) is -0.593. The Labute approximate surface area is 71.1 Å². The molecule has 0 rings (SSSR count). The molecule has 0 saturated carbocycles. The van der Waals surface area contributed by atoms with Crippen LogP contribution < -0.4 is 5.32 Å². The number of hydrogen-bond donors (Lipinski definition) is 2. The van der Waals surface area contributed by atoms with Crippen LogP contribution in [0.3, 0.4) is 0 Å². The van der Waals surface area contributed by atoms with Gasteiger partial charge in [0.05, 0.1) is 0 Å². The summed E-state index contributed by atoms with van der Waals surface area (Å²) in [7, 11) is 0. The van der Waals surface area contributed by atoms with Crippen LogP contribution in [0.1, 0.15) is 20.8 Å². The Morgan fingerprint density at radius 1 is 1.33 bits per heavy atom. The van der Waals surface area contributed by atoms with Crippen molar-refractivity contribution in [3.05, 3.63) is 0 Å². The van der Waals surface area contributed by atoms with Gasteiger partial charge >= 0.3 is 5.97 Å². The Morgan fingerprint density at radius 2 is 1.75 bits per heavy atom. The zero-order valence-electron chi connectivity index (χ0n) is 7.42. The third-order valence-electron chi connectivity index (χ3n) is 1.29. The van der Waals surface area contributed by atoms with Crippen molar-refractivity contribution in [3.63, 3.8) is 0 Å². The standard InChI is InChI=1S/C7H13NO3.H2O/c1-4(2)6(7(10)11)8-5(3)9;/h4,6H,1-3H3,(H,8,9)(H,10,11);1H2/t6-;/m0./s1. The first-order valence-corrected chi connectivity index (χ1v) is 3.45. The zero-order chi connectivity index (χ0) is 9.02. The van der Waals surface area contributed by atoms with Gasteiger partial charge in [-0.3, -0.25) is 4.79 Å². The van der Waals surface area contributed by atoms with E-state index in [1.54, 1.807) is 13.8 Å². The minimum absolute atomic E-state index is 0. The topological polar surface area (TPSA) is 97.9 Å². The van der Waals surface area contributed by atoms with Gasteiger partial charge in [0.2, 0.25) is 5.91 Å². The molecule has 0 aliphatic heterocycles. The molecule has 0 bridgehead atoms. The molecule has 5 nitrogen and oxygen atoms in total. The number of carbonyl (C=O) groups excluding carboxylic acids is 1. The lowest BCUT2D eigenvalue weighted by Crippen LogP contribution is -2.43. The summed E-state index contributed by atoms with van der Waals surface area (Å²) in [6, 6.07) is -0.771. The van der Waals surface area contributed by atoms with E-state index in [2.05, 4.69) is 5.32 Å². The molecule has 72 valence electrons. The molecule has 0 unspecified atom stereocenters. The van der Waals surface area contributed by atoms with Crippen LogP contribution in [-0.4, -0.2) is 28.5 Å². The summed E-state index contributed by atoms with van der Waals surface area (Å²) in [6.07, 6.45) is 0. The highest BCUT2D eigenvalue weighted by molar-refractivity contribution is 5.82. The largest absolute Gasteiger partial charge is 0.480 e. The van der Waals surface area contributed by atoms with Gasteiger partial charge in [0.1, 0.15) is 6.04 Å². The van der Waals surface area contributed by atoms with E-state index in [0.717, 1.165) is 0 Å². The normalized spacial score (nSPS) is 11.7. The molecule has 12 heavy (non-hydrogen) atoms. The molecule has 1 atom stereocenters. The van der Waals surface area contributed by atoms with Gasteiger partial charge in [0, 0.05) is 6.92 Å². The second-order valence-electron chi connectivity index (χ2n) is 2.76. The second-order valence-corrected chi connectivity index (χ2v) is 2.76. The van der Waals surface area contributed by atoms with Crippen LogP contribution in [0.2, 0.25) is 0 Å². The number of aliphatic carboxylic acids is 1. The van der Waals surface area contributed by atoms with Gasteiger partial charge in [0.25, 0.3) is 0 Å². The van der Waals surface area contributed by atoms with Gasteiger partial charge in [-0.1, -0.05) is 13.8 Å². The molecule has 0 heterocycles. The SMILES string of the molecule is CC(=O)N[C@H](C(=O)O)C(C)C.O. The van der Waals surface area contributed by atoms with Crippen molar-refractivity contribution >= 4 is 11.9 Å². The number of carboxylic acids is 1. The van der Waals surface area contributed by atoms with Crippen molar-refractivity contribution in [3.8, 4) is 0 Å². The molecule has 0 fully saturated rings. The molecule has 4 N–H and O–H groups in total. The molecule has 0 spiro atoms. The molecular formula is C7H15NO4. The van der Waals surface area contributed by atoms with Gasteiger partial charge in [0.15, 0.2) is 0 Å². The molecule has 0 aromatic heterocycles. The fourth-order valence-corrected chi connectivity index (χ4v) is 0.733. The van der Waals surface area contributed by atoms with Crippen molar-refractivity contribution in [2.24, 2.45) is 5.92 Å². The van der Waals surface area contributed by atoms with Crippen LogP contribution in [0, 0.1) is 5.92 Å². The van der Waals surface area contributed by atoms with Crippen molar-refractivity contribution in [1.82, 2.24) is 5.32 Å². The summed E-state index contributed by atoms with van der Waals surface area (Å²) in [6.45, 7) is 4.79.